The summed E-state index contributed by atoms with van der Waals surface area (Å²) in [6.45, 7) is 0.372. The lowest BCUT2D eigenvalue weighted by molar-refractivity contribution is 0.591. The third-order valence-corrected chi connectivity index (χ3v) is 5.77. The first-order chi connectivity index (χ1) is 7.99. The van der Waals surface area contributed by atoms with Crippen molar-refractivity contribution in [1.29, 1.82) is 0 Å². The van der Waals surface area contributed by atoms with Crippen molar-refractivity contribution < 1.29 is 8.42 Å². The Balaban J connectivity index is 2.03. The molecule has 17 heavy (non-hydrogen) atoms. The maximum atomic E-state index is 11.6. The molecule has 1 N–H and O–H groups in total. The van der Waals surface area contributed by atoms with Crippen LogP contribution in [0.5, 0.6) is 0 Å². The largest absolute Gasteiger partial charge is 0.368 e. The summed E-state index contributed by atoms with van der Waals surface area (Å²) < 4.78 is 24.0. The van der Waals surface area contributed by atoms with Crippen LogP contribution in [0.25, 0.3) is 0 Å². The second-order valence-electron chi connectivity index (χ2n) is 4.00. The fraction of sp³-hybridized carbons (Fsp3) is 0.500. The Morgan fingerprint density at radius 3 is 2.94 bits per heavy atom. The Hall–Kier alpha value is -0.330. The average Bonchev–Trinajstić information content (AvgIpc) is 2.57. The molecule has 0 saturated carbocycles. The van der Waals surface area contributed by atoms with E-state index in [0.717, 1.165) is 10.9 Å². The highest BCUT2D eigenvalue weighted by Gasteiger charge is 2.30. The van der Waals surface area contributed by atoms with E-state index in [1.54, 1.807) is 12.3 Å². The van der Waals surface area contributed by atoms with Crippen molar-refractivity contribution in [3.05, 3.63) is 21.8 Å². The Bertz CT molecular complexity index is 521. The normalized spacial score (nSPS) is 22.6. The summed E-state index contributed by atoms with van der Waals surface area (Å²) >= 11 is 9.24. The molecule has 0 radical (unpaired) electrons. The highest BCUT2D eigenvalue weighted by atomic mass is 79.9. The zero-order valence-electron chi connectivity index (χ0n) is 8.99. The third kappa shape index (κ3) is 3.11. The minimum atomic E-state index is -2.92. The molecule has 2 heterocycles. The fourth-order valence-corrected chi connectivity index (χ4v) is 4.30. The monoisotopic (exact) mass is 338 g/mol. The van der Waals surface area contributed by atoms with Gasteiger partial charge in [0.2, 0.25) is 0 Å². The van der Waals surface area contributed by atoms with E-state index in [1.165, 1.54) is 0 Å². The number of halogens is 2. The number of nitrogens with zero attached hydrogens (tertiary/aromatic N) is 1. The summed E-state index contributed by atoms with van der Waals surface area (Å²) in [4.78, 5) is 4.10. The summed E-state index contributed by atoms with van der Waals surface area (Å²) in [5.74, 6) is 0.817. The fourth-order valence-electron chi connectivity index (χ4n) is 1.84. The molecule has 0 amide bonds. The number of sulfone groups is 1. The smallest absolute Gasteiger partial charge is 0.154 e. The van der Waals surface area contributed by atoms with E-state index >= 15 is 0 Å². The van der Waals surface area contributed by atoms with Gasteiger partial charge in [-0.15, -0.1) is 0 Å². The van der Waals surface area contributed by atoms with Gasteiger partial charge in [-0.2, -0.15) is 0 Å². The van der Waals surface area contributed by atoms with Crippen LogP contribution in [0, 0.1) is 0 Å². The molecular formula is C10H12BrClN2O2S. The van der Waals surface area contributed by atoms with E-state index in [2.05, 4.69) is 26.2 Å². The number of anilines is 1. The highest BCUT2D eigenvalue weighted by molar-refractivity contribution is 9.10. The van der Waals surface area contributed by atoms with Gasteiger partial charge < -0.3 is 5.32 Å². The summed E-state index contributed by atoms with van der Waals surface area (Å²) in [6.07, 6.45) is 3.08. The van der Waals surface area contributed by atoms with Crippen molar-refractivity contribution in [1.82, 2.24) is 4.98 Å². The lowest BCUT2D eigenvalue weighted by Crippen LogP contribution is -2.25. The van der Waals surface area contributed by atoms with Gasteiger partial charge in [-0.1, -0.05) is 11.6 Å². The van der Waals surface area contributed by atoms with Crippen molar-refractivity contribution in [2.45, 2.75) is 18.1 Å². The van der Waals surface area contributed by atoms with E-state index < -0.39 is 9.84 Å². The van der Waals surface area contributed by atoms with Gasteiger partial charge in [0.15, 0.2) is 9.84 Å². The molecule has 7 heteroatoms. The number of nitrogens with one attached hydrogen (secondary N) is 1. The van der Waals surface area contributed by atoms with Crippen molar-refractivity contribution >= 4 is 43.2 Å². The third-order valence-electron chi connectivity index (χ3n) is 2.77. The number of hydrogen-bond donors (Lipinski definition) is 1. The Morgan fingerprint density at radius 2 is 2.35 bits per heavy atom. The first-order valence-corrected chi connectivity index (χ1v) is 8.14. The van der Waals surface area contributed by atoms with E-state index in [0.29, 0.717) is 29.6 Å². The summed E-state index contributed by atoms with van der Waals surface area (Å²) in [6, 6.07) is 1.72. The lowest BCUT2D eigenvalue weighted by Gasteiger charge is -2.12. The van der Waals surface area contributed by atoms with Gasteiger partial charge in [0.1, 0.15) is 5.82 Å². The summed E-state index contributed by atoms with van der Waals surface area (Å²) in [5, 5.41) is 3.16. The maximum absolute atomic E-state index is 11.6. The van der Waals surface area contributed by atoms with E-state index in [4.69, 9.17) is 11.6 Å². The molecule has 4 nitrogen and oxygen atoms in total. The molecule has 1 aromatic rings. The van der Waals surface area contributed by atoms with Crippen LogP contribution < -0.4 is 5.32 Å². The van der Waals surface area contributed by atoms with Gasteiger partial charge in [-0.05, 0) is 34.8 Å². The molecular weight excluding hydrogens is 328 g/mol. The van der Waals surface area contributed by atoms with Crippen molar-refractivity contribution in [3.8, 4) is 0 Å². The number of pyridine rings is 1. The van der Waals surface area contributed by atoms with Gasteiger partial charge in [0, 0.05) is 17.2 Å². The predicted molar refractivity (Wildman–Crippen MR) is 72.2 cm³/mol. The maximum Gasteiger partial charge on any atom is 0.154 e. The Kier molecular flexibility index (Phi) is 3.95. The molecule has 0 aliphatic carbocycles. The second kappa shape index (κ2) is 5.12. The molecule has 0 spiro atoms. The van der Waals surface area contributed by atoms with Crippen LogP contribution in [-0.4, -0.2) is 30.9 Å². The Labute approximate surface area is 114 Å². The first-order valence-electron chi connectivity index (χ1n) is 5.25. The molecule has 1 aliphatic heterocycles. The molecule has 1 saturated heterocycles. The Morgan fingerprint density at radius 1 is 1.59 bits per heavy atom. The minimum Gasteiger partial charge on any atom is -0.368 e. The standard InChI is InChI=1S/C10H12BrClN2O2S/c11-7-4-9(12)10(13-5-7)14-6-8-2-1-3-17(8,15)16/h4-5,8H,1-3,6H2,(H,13,14). The van der Waals surface area contributed by atoms with Gasteiger partial charge in [-0.25, -0.2) is 13.4 Å². The van der Waals surface area contributed by atoms with Crippen molar-refractivity contribution in [2.75, 3.05) is 17.6 Å². The molecule has 1 unspecified atom stereocenters. The first kappa shape index (κ1) is 13.1. The number of aromatic nitrogens is 1. The van der Waals surface area contributed by atoms with Crippen LogP contribution >= 0.6 is 27.5 Å². The number of rotatable bonds is 3. The molecule has 1 fully saturated rings. The van der Waals surface area contributed by atoms with Crippen LogP contribution in [-0.2, 0) is 9.84 Å². The second-order valence-corrected chi connectivity index (χ2v) is 7.72. The van der Waals surface area contributed by atoms with Crippen LogP contribution in [0.3, 0.4) is 0 Å². The van der Waals surface area contributed by atoms with Gasteiger partial charge >= 0.3 is 0 Å². The molecule has 1 atom stereocenters. The van der Waals surface area contributed by atoms with Crippen LogP contribution in [0.1, 0.15) is 12.8 Å². The lowest BCUT2D eigenvalue weighted by atomic mass is 10.2. The van der Waals surface area contributed by atoms with Crippen LogP contribution in [0.15, 0.2) is 16.7 Å². The minimum absolute atomic E-state index is 0.293. The quantitative estimate of drug-likeness (QED) is 0.919. The molecule has 1 aromatic heterocycles. The van der Waals surface area contributed by atoms with Crippen molar-refractivity contribution in [2.24, 2.45) is 0 Å². The number of hydrogen-bond acceptors (Lipinski definition) is 4. The molecule has 2 rings (SSSR count). The average molecular weight is 340 g/mol. The molecule has 0 bridgehead atoms. The van der Waals surface area contributed by atoms with Gasteiger partial charge in [0.25, 0.3) is 0 Å². The zero-order chi connectivity index (χ0) is 12.5. The topological polar surface area (TPSA) is 59.1 Å². The van der Waals surface area contributed by atoms with E-state index in [1.807, 2.05) is 0 Å². The van der Waals surface area contributed by atoms with Crippen LogP contribution in [0.4, 0.5) is 5.82 Å². The molecule has 94 valence electrons. The van der Waals surface area contributed by atoms with Crippen LogP contribution in [0.2, 0.25) is 5.02 Å². The van der Waals surface area contributed by atoms with Gasteiger partial charge in [-0.3, -0.25) is 0 Å². The zero-order valence-corrected chi connectivity index (χ0v) is 12.1. The van der Waals surface area contributed by atoms with Gasteiger partial charge in [0.05, 0.1) is 16.0 Å². The molecule has 1 aliphatic rings. The summed E-state index contributed by atoms with van der Waals surface area (Å²) in [5.41, 5.74) is 0. The summed E-state index contributed by atoms with van der Waals surface area (Å²) in [7, 11) is -2.92. The van der Waals surface area contributed by atoms with Crippen molar-refractivity contribution in [3.63, 3.8) is 0 Å². The van der Waals surface area contributed by atoms with E-state index in [-0.39, 0.29) is 5.25 Å². The van der Waals surface area contributed by atoms with E-state index in [9.17, 15) is 8.42 Å². The highest BCUT2D eigenvalue weighted by Crippen LogP contribution is 2.25. The molecule has 0 aromatic carbocycles. The predicted octanol–water partition coefficient (Wildman–Crippen LogP) is 2.49. The SMILES string of the molecule is O=S1(=O)CCCC1CNc1ncc(Br)cc1Cl.